The zero-order valence-electron chi connectivity index (χ0n) is 17.8. The van der Waals surface area contributed by atoms with Crippen molar-refractivity contribution in [3.05, 3.63) is 78.1 Å². The molecule has 1 heterocycles. The van der Waals surface area contributed by atoms with Gasteiger partial charge in [-0.1, -0.05) is 63.2 Å². The Morgan fingerprint density at radius 2 is 1.61 bits per heavy atom. The number of rotatable bonds is 8. The molecule has 0 fully saturated rings. The van der Waals surface area contributed by atoms with Crippen LogP contribution in [0.4, 0.5) is 0 Å². The Labute approximate surface area is 182 Å². The molecular weight excluding hydrogens is 414 g/mol. The number of benzene rings is 2. The second kappa shape index (κ2) is 9.40. The van der Waals surface area contributed by atoms with Crippen molar-refractivity contribution >= 4 is 15.9 Å². The summed E-state index contributed by atoms with van der Waals surface area (Å²) in [7, 11) is -3.81. The summed E-state index contributed by atoms with van der Waals surface area (Å²) in [6, 6.07) is 15.7. The third-order valence-electron chi connectivity index (χ3n) is 4.80. The Morgan fingerprint density at radius 3 is 2.19 bits per heavy atom. The number of amides is 1. The van der Waals surface area contributed by atoms with E-state index in [1.54, 1.807) is 36.7 Å². The highest BCUT2D eigenvalue weighted by Crippen LogP contribution is 2.23. The van der Waals surface area contributed by atoms with Gasteiger partial charge in [-0.3, -0.25) is 4.79 Å². The zero-order chi connectivity index (χ0) is 22.5. The van der Waals surface area contributed by atoms with Crippen LogP contribution in [0.5, 0.6) is 0 Å². The Bertz CT molecular complexity index is 1090. The molecule has 0 saturated heterocycles. The van der Waals surface area contributed by atoms with E-state index in [0.29, 0.717) is 6.54 Å². The third kappa shape index (κ3) is 6.22. The van der Waals surface area contributed by atoms with E-state index in [0.717, 1.165) is 11.1 Å². The first-order valence-corrected chi connectivity index (χ1v) is 11.4. The quantitative estimate of drug-likeness (QED) is 0.558. The average molecular weight is 442 g/mol. The molecular formula is C22H27N5O3S. The summed E-state index contributed by atoms with van der Waals surface area (Å²) in [5, 5.41) is 11.0. The fourth-order valence-electron chi connectivity index (χ4n) is 3.04. The highest BCUT2D eigenvalue weighted by Gasteiger charge is 2.20. The second-order valence-electron chi connectivity index (χ2n) is 8.21. The number of hydrogen-bond donors (Lipinski definition) is 2. The number of hydrogen-bond acceptors (Lipinski definition) is 5. The van der Waals surface area contributed by atoms with Crippen molar-refractivity contribution in [1.29, 1.82) is 0 Å². The van der Waals surface area contributed by atoms with Crippen LogP contribution in [0, 0.1) is 0 Å². The van der Waals surface area contributed by atoms with Gasteiger partial charge >= 0.3 is 0 Å². The van der Waals surface area contributed by atoms with Crippen LogP contribution in [0.3, 0.4) is 0 Å². The lowest BCUT2D eigenvalue weighted by Crippen LogP contribution is -2.40. The standard InChI is InChI=1S/C22H27N5O3S/c1-22(2,3)18-9-11-19(12-10-18)31(29,30)25-15-21(28)26-20(16-27-23-13-14-24-27)17-7-5-4-6-8-17/h4-14,20,25H,15-16H2,1-3H3,(H,26,28). The monoisotopic (exact) mass is 441 g/mol. The van der Waals surface area contributed by atoms with Crippen LogP contribution in [0.1, 0.15) is 37.9 Å². The molecule has 2 aromatic carbocycles. The maximum Gasteiger partial charge on any atom is 0.241 e. The number of nitrogens with one attached hydrogen (secondary N) is 2. The van der Waals surface area contributed by atoms with E-state index in [1.165, 1.54) is 4.80 Å². The maximum atomic E-state index is 12.6. The van der Waals surface area contributed by atoms with Gasteiger partial charge < -0.3 is 5.32 Å². The molecule has 31 heavy (non-hydrogen) atoms. The summed E-state index contributed by atoms with van der Waals surface area (Å²) < 4.78 is 27.6. The van der Waals surface area contributed by atoms with E-state index in [1.807, 2.05) is 30.3 Å². The molecule has 3 rings (SSSR count). The number of carbonyl (C=O) groups is 1. The molecule has 0 bridgehead atoms. The van der Waals surface area contributed by atoms with Crippen LogP contribution in [0.15, 0.2) is 71.9 Å². The van der Waals surface area contributed by atoms with E-state index < -0.39 is 22.0 Å². The topological polar surface area (TPSA) is 106 Å². The van der Waals surface area contributed by atoms with Gasteiger partial charge in [0.15, 0.2) is 0 Å². The molecule has 1 atom stereocenters. The lowest BCUT2D eigenvalue weighted by Gasteiger charge is -2.20. The molecule has 8 nitrogen and oxygen atoms in total. The molecule has 1 amide bonds. The predicted octanol–water partition coefficient (Wildman–Crippen LogP) is 2.41. The number of aromatic nitrogens is 3. The number of nitrogens with zero attached hydrogens (tertiary/aromatic N) is 3. The molecule has 164 valence electrons. The van der Waals surface area contributed by atoms with Crippen molar-refractivity contribution in [2.75, 3.05) is 6.54 Å². The van der Waals surface area contributed by atoms with E-state index in [-0.39, 0.29) is 16.9 Å². The highest BCUT2D eigenvalue weighted by atomic mass is 32.2. The minimum Gasteiger partial charge on any atom is -0.346 e. The van der Waals surface area contributed by atoms with Gasteiger partial charge in [0.25, 0.3) is 0 Å². The molecule has 0 spiro atoms. The van der Waals surface area contributed by atoms with Crippen LogP contribution in [-0.4, -0.2) is 35.9 Å². The first kappa shape index (κ1) is 22.6. The lowest BCUT2D eigenvalue weighted by molar-refractivity contribution is -0.120. The molecule has 1 unspecified atom stereocenters. The van der Waals surface area contributed by atoms with Gasteiger partial charge in [0.05, 0.1) is 36.4 Å². The minimum atomic E-state index is -3.81. The average Bonchev–Trinajstić information content (AvgIpc) is 3.25. The van der Waals surface area contributed by atoms with E-state index >= 15 is 0 Å². The fourth-order valence-corrected chi connectivity index (χ4v) is 4.03. The fraction of sp³-hybridized carbons (Fsp3) is 0.318. The first-order valence-electron chi connectivity index (χ1n) is 9.94. The van der Waals surface area contributed by atoms with Gasteiger partial charge in [0.1, 0.15) is 0 Å². The molecule has 9 heteroatoms. The van der Waals surface area contributed by atoms with E-state index in [2.05, 4.69) is 41.0 Å². The summed E-state index contributed by atoms with van der Waals surface area (Å²) >= 11 is 0. The van der Waals surface area contributed by atoms with Crippen molar-refractivity contribution < 1.29 is 13.2 Å². The van der Waals surface area contributed by atoms with Crippen LogP contribution >= 0.6 is 0 Å². The van der Waals surface area contributed by atoms with Gasteiger partial charge in [-0.15, -0.1) is 0 Å². The first-order chi connectivity index (χ1) is 14.6. The molecule has 2 N–H and O–H groups in total. The number of sulfonamides is 1. The predicted molar refractivity (Wildman–Crippen MR) is 118 cm³/mol. The third-order valence-corrected chi connectivity index (χ3v) is 6.22. The van der Waals surface area contributed by atoms with E-state index in [4.69, 9.17) is 0 Å². The molecule has 0 aliphatic carbocycles. The molecule has 1 aromatic heterocycles. The summed E-state index contributed by atoms with van der Waals surface area (Å²) in [4.78, 5) is 14.1. The molecule has 0 aliphatic heterocycles. The maximum absolute atomic E-state index is 12.6. The van der Waals surface area contributed by atoms with Crippen LogP contribution in [-0.2, 0) is 26.8 Å². The SMILES string of the molecule is CC(C)(C)c1ccc(S(=O)(=O)NCC(=O)NC(Cn2nccn2)c2ccccc2)cc1. The lowest BCUT2D eigenvalue weighted by atomic mass is 9.87. The van der Waals surface area contributed by atoms with Crippen molar-refractivity contribution in [2.24, 2.45) is 0 Å². The summed E-state index contributed by atoms with van der Waals surface area (Å²) in [5.41, 5.74) is 1.82. The van der Waals surface area contributed by atoms with Gasteiger partial charge in [-0.05, 0) is 28.7 Å². The molecule has 0 aliphatic rings. The van der Waals surface area contributed by atoms with Gasteiger partial charge in [-0.25, -0.2) is 13.1 Å². The van der Waals surface area contributed by atoms with Gasteiger partial charge in [-0.2, -0.15) is 15.0 Å². The Hall–Kier alpha value is -3.04. The van der Waals surface area contributed by atoms with E-state index in [9.17, 15) is 13.2 Å². The smallest absolute Gasteiger partial charge is 0.241 e. The summed E-state index contributed by atoms with van der Waals surface area (Å²) in [5.74, 6) is -0.448. The zero-order valence-corrected chi connectivity index (χ0v) is 18.6. The van der Waals surface area contributed by atoms with Crippen molar-refractivity contribution in [2.45, 2.75) is 43.7 Å². The van der Waals surface area contributed by atoms with Crippen LogP contribution < -0.4 is 10.0 Å². The van der Waals surface area contributed by atoms with Crippen molar-refractivity contribution in [3.63, 3.8) is 0 Å². The van der Waals surface area contributed by atoms with Gasteiger partial charge in [0.2, 0.25) is 15.9 Å². The Kier molecular flexibility index (Phi) is 6.87. The molecule has 0 saturated carbocycles. The summed E-state index contributed by atoms with van der Waals surface area (Å²) in [6.45, 7) is 6.12. The Balaban J connectivity index is 1.65. The highest BCUT2D eigenvalue weighted by molar-refractivity contribution is 7.89. The minimum absolute atomic E-state index is 0.0779. The van der Waals surface area contributed by atoms with Crippen molar-refractivity contribution in [3.8, 4) is 0 Å². The van der Waals surface area contributed by atoms with Crippen LogP contribution in [0.2, 0.25) is 0 Å². The Morgan fingerprint density at radius 1 is 1.00 bits per heavy atom. The molecule has 3 aromatic rings. The van der Waals surface area contributed by atoms with Gasteiger partial charge in [0, 0.05) is 0 Å². The second-order valence-corrected chi connectivity index (χ2v) is 9.98. The largest absolute Gasteiger partial charge is 0.346 e. The van der Waals surface area contributed by atoms with Crippen molar-refractivity contribution in [1.82, 2.24) is 25.0 Å². The molecule has 0 radical (unpaired) electrons. The normalized spacial score (nSPS) is 13.0. The van der Waals surface area contributed by atoms with Crippen LogP contribution in [0.25, 0.3) is 0 Å². The number of carbonyl (C=O) groups excluding carboxylic acids is 1. The summed E-state index contributed by atoms with van der Waals surface area (Å²) in [6.07, 6.45) is 3.12.